The highest BCUT2D eigenvalue weighted by atomic mass is 32.1. The summed E-state index contributed by atoms with van der Waals surface area (Å²) in [4.78, 5) is 53.9. The summed E-state index contributed by atoms with van der Waals surface area (Å²) in [5, 5.41) is 17.2. The highest BCUT2D eigenvalue weighted by Gasteiger charge is 2.30. The fourth-order valence-electron chi connectivity index (χ4n) is 3.44. The average Bonchev–Trinajstić information content (AvgIpc) is 2.83. The molecule has 4 atom stereocenters. The van der Waals surface area contributed by atoms with Crippen molar-refractivity contribution in [3.63, 3.8) is 0 Å². The van der Waals surface area contributed by atoms with Gasteiger partial charge in [0.25, 0.3) is 0 Å². The Balaban J connectivity index is 2.81. The Kier molecular flexibility index (Phi) is 14.1. The maximum Gasteiger partial charge on any atom is 0.326 e. The van der Waals surface area contributed by atoms with E-state index in [-0.39, 0.29) is 43.4 Å². The van der Waals surface area contributed by atoms with Gasteiger partial charge in [0.15, 0.2) is 5.96 Å². The minimum atomic E-state index is -1.22. The third kappa shape index (κ3) is 12.5. The Labute approximate surface area is 222 Å². The number of aliphatic imine (C=N–C) groups is 1. The van der Waals surface area contributed by atoms with Crippen LogP contribution in [0, 0.1) is 5.92 Å². The van der Waals surface area contributed by atoms with Crippen LogP contribution in [0.4, 0.5) is 0 Å². The number of nitrogens with two attached hydrogens (primary N) is 3. The molecule has 12 nitrogen and oxygen atoms in total. The number of carboxylic acid groups (broad SMARTS) is 1. The van der Waals surface area contributed by atoms with Crippen molar-refractivity contribution in [1.29, 1.82) is 0 Å². The van der Waals surface area contributed by atoms with Crippen molar-refractivity contribution >= 4 is 42.3 Å². The molecule has 10 N–H and O–H groups in total. The number of benzene rings is 1. The number of rotatable bonds is 16. The lowest BCUT2D eigenvalue weighted by molar-refractivity contribution is -0.142. The van der Waals surface area contributed by atoms with Gasteiger partial charge in [-0.15, -0.1) is 0 Å². The molecule has 0 aliphatic heterocycles. The number of carboxylic acids is 1. The van der Waals surface area contributed by atoms with E-state index in [2.05, 4.69) is 33.6 Å². The SMILES string of the molecule is CC(C)CC(NC(=O)C(CS)NC(=O)C(N)Cc1ccccc1)C(=O)NC(CCCN=C(N)N)C(=O)O. The number of carbonyl (C=O) groups excluding carboxylic acids is 3. The number of thiol groups is 1. The van der Waals surface area contributed by atoms with E-state index in [0.717, 1.165) is 5.56 Å². The molecule has 0 aliphatic rings. The van der Waals surface area contributed by atoms with E-state index >= 15 is 0 Å². The van der Waals surface area contributed by atoms with E-state index in [1.54, 1.807) is 0 Å². The number of guanidine groups is 1. The number of hydrogen-bond donors (Lipinski definition) is 8. The smallest absolute Gasteiger partial charge is 0.326 e. The summed E-state index contributed by atoms with van der Waals surface area (Å²) < 4.78 is 0. The van der Waals surface area contributed by atoms with Crippen LogP contribution < -0.4 is 33.2 Å². The number of nitrogens with zero attached hydrogens (tertiary/aromatic N) is 1. The van der Waals surface area contributed by atoms with Crippen LogP contribution in [-0.2, 0) is 25.6 Å². The Morgan fingerprint density at radius 3 is 2.05 bits per heavy atom. The van der Waals surface area contributed by atoms with Crippen LogP contribution in [0.25, 0.3) is 0 Å². The molecule has 3 amide bonds. The first-order valence-corrected chi connectivity index (χ1v) is 12.7. The molecule has 13 heteroatoms. The molecule has 0 bridgehead atoms. The molecule has 0 saturated carbocycles. The Morgan fingerprint density at radius 1 is 0.946 bits per heavy atom. The second-order valence-corrected chi connectivity index (χ2v) is 9.44. The largest absolute Gasteiger partial charge is 0.480 e. The third-order valence-electron chi connectivity index (χ3n) is 5.35. The molecule has 0 radical (unpaired) electrons. The quantitative estimate of drug-likeness (QED) is 0.0572. The van der Waals surface area contributed by atoms with Crippen LogP contribution in [0.5, 0.6) is 0 Å². The van der Waals surface area contributed by atoms with Crippen molar-refractivity contribution in [1.82, 2.24) is 16.0 Å². The Hall–Kier alpha value is -3.32. The minimum Gasteiger partial charge on any atom is -0.480 e. The van der Waals surface area contributed by atoms with Crippen LogP contribution in [0.15, 0.2) is 35.3 Å². The van der Waals surface area contributed by atoms with E-state index in [1.165, 1.54) is 0 Å². The number of aliphatic carboxylic acids is 1. The summed E-state index contributed by atoms with van der Waals surface area (Å²) in [6.45, 7) is 3.93. The summed E-state index contributed by atoms with van der Waals surface area (Å²) in [5.74, 6) is -3.17. The van der Waals surface area contributed by atoms with Crippen molar-refractivity contribution in [2.45, 2.75) is 63.7 Å². The first kappa shape index (κ1) is 31.7. The zero-order valence-corrected chi connectivity index (χ0v) is 22.1. The molecule has 0 saturated heterocycles. The van der Waals surface area contributed by atoms with Gasteiger partial charge in [0.1, 0.15) is 18.1 Å². The first-order valence-electron chi connectivity index (χ1n) is 12.0. The Bertz CT molecular complexity index is 925. The zero-order chi connectivity index (χ0) is 28.0. The van der Waals surface area contributed by atoms with Crippen molar-refractivity contribution in [3.05, 3.63) is 35.9 Å². The number of carbonyl (C=O) groups is 4. The van der Waals surface area contributed by atoms with Crippen molar-refractivity contribution in [2.24, 2.45) is 28.1 Å². The van der Waals surface area contributed by atoms with E-state index in [4.69, 9.17) is 17.2 Å². The average molecular weight is 538 g/mol. The van der Waals surface area contributed by atoms with Crippen LogP contribution in [0.2, 0.25) is 0 Å². The fourth-order valence-corrected chi connectivity index (χ4v) is 3.70. The van der Waals surface area contributed by atoms with Crippen LogP contribution in [0.1, 0.15) is 38.7 Å². The van der Waals surface area contributed by atoms with E-state index < -0.39 is 47.9 Å². The van der Waals surface area contributed by atoms with Crippen molar-refractivity contribution < 1.29 is 24.3 Å². The maximum absolute atomic E-state index is 12.9. The van der Waals surface area contributed by atoms with E-state index in [9.17, 15) is 24.3 Å². The van der Waals surface area contributed by atoms with Gasteiger partial charge in [-0.05, 0) is 37.2 Å². The summed E-state index contributed by atoms with van der Waals surface area (Å²) in [7, 11) is 0. The summed E-state index contributed by atoms with van der Waals surface area (Å²) in [5.41, 5.74) is 17.4. The summed E-state index contributed by atoms with van der Waals surface area (Å²) in [6.07, 6.45) is 0.951. The molecule has 37 heavy (non-hydrogen) atoms. The van der Waals surface area contributed by atoms with Gasteiger partial charge in [0.05, 0.1) is 6.04 Å². The van der Waals surface area contributed by atoms with Gasteiger partial charge in [-0.1, -0.05) is 44.2 Å². The van der Waals surface area contributed by atoms with Crippen LogP contribution in [-0.4, -0.2) is 71.2 Å². The lowest BCUT2D eigenvalue weighted by Crippen LogP contribution is -2.58. The predicted octanol–water partition coefficient (Wildman–Crippen LogP) is -0.875. The predicted molar refractivity (Wildman–Crippen MR) is 145 cm³/mol. The molecule has 1 aromatic carbocycles. The van der Waals surface area contributed by atoms with E-state index in [0.29, 0.717) is 6.42 Å². The van der Waals surface area contributed by atoms with Crippen LogP contribution in [0.3, 0.4) is 0 Å². The van der Waals surface area contributed by atoms with Gasteiger partial charge in [0, 0.05) is 12.3 Å². The molecule has 0 heterocycles. The second kappa shape index (κ2) is 16.4. The first-order chi connectivity index (χ1) is 17.4. The highest BCUT2D eigenvalue weighted by molar-refractivity contribution is 7.80. The molecule has 0 aliphatic carbocycles. The molecule has 1 rings (SSSR count). The fraction of sp³-hybridized carbons (Fsp3) is 0.542. The lowest BCUT2D eigenvalue weighted by Gasteiger charge is -2.25. The molecule has 4 unspecified atom stereocenters. The second-order valence-electron chi connectivity index (χ2n) is 9.08. The summed E-state index contributed by atoms with van der Waals surface area (Å²) >= 11 is 4.16. The van der Waals surface area contributed by atoms with Gasteiger partial charge in [-0.3, -0.25) is 19.4 Å². The molecule has 0 fully saturated rings. The number of hydrogen-bond acceptors (Lipinski definition) is 7. The van der Waals surface area contributed by atoms with Crippen LogP contribution >= 0.6 is 12.6 Å². The van der Waals surface area contributed by atoms with Crippen molar-refractivity contribution in [3.8, 4) is 0 Å². The normalized spacial score (nSPS) is 14.1. The molecule has 206 valence electrons. The van der Waals surface area contributed by atoms with Gasteiger partial charge >= 0.3 is 5.97 Å². The van der Waals surface area contributed by atoms with Gasteiger partial charge in [0.2, 0.25) is 17.7 Å². The summed E-state index contributed by atoms with van der Waals surface area (Å²) in [6, 6.07) is 5.07. The molecule has 0 spiro atoms. The monoisotopic (exact) mass is 537 g/mol. The van der Waals surface area contributed by atoms with Gasteiger partial charge in [-0.25, -0.2) is 4.79 Å². The highest BCUT2D eigenvalue weighted by Crippen LogP contribution is 2.08. The Morgan fingerprint density at radius 2 is 1.51 bits per heavy atom. The molecule has 0 aromatic heterocycles. The van der Waals surface area contributed by atoms with Crippen molar-refractivity contribution in [2.75, 3.05) is 12.3 Å². The van der Waals surface area contributed by atoms with Gasteiger partial charge in [-0.2, -0.15) is 12.6 Å². The lowest BCUT2D eigenvalue weighted by atomic mass is 10.0. The number of amides is 3. The third-order valence-corrected chi connectivity index (χ3v) is 5.72. The topological polar surface area (TPSA) is 215 Å². The van der Waals surface area contributed by atoms with Gasteiger partial charge < -0.3 is 38.3 Å². The minimum absolute atomic E-state index is 0.00420. The molecule has 1 aromatic rings. The molecular weight excluding hydrogens is 498 g/mol. The number of nitrogens with one attached hydrogen (secondary N) is 3. The standard InChI is InChI=1S/C24H39N7O5S/c1-14(2)11-18(21(33)29-17(23(35)36)9-6-10-28-24(26)27)30-22(34)19(13-37)31-20(32)16(25)12-15-7-4-3-5-8-15/h3-5,7-8,14,16-19,37H,6,9-13,25H2,1-2H3,(H,29,33)(H,30,34)(H,31,32)(H,35,36)(H4,26,27,28). The zero-order valence-electron chi connectivity index (χ0n) is 21.2. The maximum atomic E-state index is 12.9. The van der Waals surface area contributed by atoms with E-state index in [1.807, 2.05) is 44.2 Å². The molecular formula is C24H39N7O5S.